The fraction of sp³-hybridized carbons (Fsp3) is 0.545. The Labute approximate surface area is 104 Å². The van der Waals surface area contributed by atoms with Gasteiger partial charge in [-0.05, 0) is 18.9 Å². The van der Waals surface area contributed by atoms with E-state index in [1.165, 1.54) is 16.9 Å². The summed E-state index contributed by atoms with van der Waals surface area (Å²) in [5, 5.41) is 15.2. The maximum absolute atomic E-state index is 11.7. The van der Waals surface area contributed by atoms with Crippen molar-refractivity contribution >= 4 is 11.9 Å². The molecule has 1 fully saturated rings. The number of ether oxygens (including phenoxy) is 1. The molecule has 0 spiro atoms. The molecule has 7 nitrogen and oxygen atoms in total. The number of amides is 1. The van der Waals surface area contributed by atoms with E-state index in [0.29, 0.717) is 6.54 Å². The largest absolute Gasteiger partial charge is 0.480 e. The average molecular weight is 253 g/mol. The van der Waals surface area contributed by atoms with Crippen molar-refractivity contribution in [2.45, 2.75) is 25.5 Å². The predicted molar refractivity (Wildman–Crippen MR) is 61.2 cm³/mol. The van der Waals surface area contributed by atoms with Crippen LogP contribution in [0, 0.1) is 0 Å². The molecule has 0 radical (unpaired) electrons. The zero-order valence-corrected chi connectivity index (χ0v) is 9.83. The van der Waals surface area contributed by atoms with E-state index < -0.39 is 5.97 Å². The van der Waals surface area contributed by atoms with E-state index in [0.717, 1.165) is 19.4 Å². The lowest BCUT2D eigenvalue weighted by molar-refractivity contribution is -0.137. The quantitative estimate of drug-likeness (QED) is 0.762. The molecule has 2 heterocycles. The molecule has 0 saturated carbocycles. The van der Waals surface area contributed by atoms with Crippen LogP contribution in [-0.2, 0) is 16.1 Å². The maximum Gasteiger partial charge on any atom is 0.325 e. The minimum absolute atomic E-state index is 0.0788. The molecular formula is C11H15N3O4. The summed E-state index contributed by atoms with van der Waals surface area (Å²) in [5.74, 6) is -1.31. The SMILES string of the molecule is O=C(O)Cn1ccc(C(=O)NCC2CCCO2)n1. The van der Waals surface area contributed by atoms with E-state index in [-0.39, 0.29) is 24.2 Å². The fourth-order valence-electron chi connectivity index (χ4n) is 1.81. The van der Waals surface area contributed by atoms with Crippen LogP contribution >= 0.6 is 0 Å². The van der Waals surface area contributed by atoms with Crippen molar-refractivity contribution in [2.24, 2.45) is 0 Å². The summed E-state index contributed by atoms with van der Waals surface area (Å²) in [5.41, 5.74) is 0.217. The molecule has 0 aliphatic carbocycles. The topological polar surface area (TPSA) is 93.5 Å². The number of carbonyl (C=O) groups is 2. The van der Waals surface area contributed by atoms with Crippen LogP contribution in [0.2, 0.25) is 0 Å². The Morgan fingerprint density at radius 3 is 3.11 bits per heavy atom. The molecule has 98 valence electrons. The highest BCUT2D eigenvalue weighted by Gasteiger charge is 2.17. The van der Waals surface area contributed by atoms with Crippen LogP contribution in [0.5, 0.6) is 0 Å². The fourth-order valence-corrected chi connectivity index (χ4v) is 1.81. The molecule has 1 atom stereocenters. The first-order chi connectivity index (χ1) is 8.65. The number of hydrogen-bond donors (Lipinski definition) is 2. The lowest BCUT2D eigenvalue weighted by Crippen LogP contribution is -2.32. The van der Waals surface area contributed by atoms with Gasteiger partial charge in [0.05, 0.1) is 6.10 Å². The van der Waals surface area contributed by atoms with E-state index in [1.54, 1.807) is 0 Å². The van der Waals surface area contributed by atoms with E-state index in [2.05, 4.69) is 10.4 Å². The highest BCUT2D eigenvalue weighted by atomic mass is 16.5. The van der Waals surface area contributed by atoms with Crippen molar-refractivity contribution in [3.63, 3.8) is 0 Å². The van der Waals surface area contributed by atoms with Crippen LogP contribution < -0.4 is 5.32 Å². The molecule has 1 saturated heterocycles. The standard InChI is InChI=1S/C11H15N3O4/c15-10(16)7-14-4-3-9(13-14)11(17)12-6-8-2-1-5-18-8/h3-4,8H,1-2,5-7H2,(H,12,17)(H,15,16). The van der Waals surface area contributed by atoms with Crippen molar-refractivity contribution in [1.82, 2.24) is 15.1 Å². The van der Waals surface area contributed by atoms with Gasteiger partial charge in [0.15, 0.2) is 0 Å². The van der Waals surface area contributed by atoms with Crippen LogP contribution in [0.15, 0.2) is 12.3 Å². The van der Waals surface area contributed by atoms with Gasteiger partial charge in [-0.25, -0.2) is 0 Å². The summed E-state index contributed by atoms with van der Waals surface area (Å²) < 4.78 is 6.59. The van der Waals surface area contributed by atoms with Gasteiger partial charge in [0, 0.05) is 19.3 Å². The second-order valence-electron chi connectivity index (χ2n) is 4.14. The summed E-state index contributed by atoms with van der Waals surface area (Å²) in [6.07, 6.45) is 3.52. The number of hydrogen-bond acceptors (Lipinski definition) is 4. The lowest BCUT2D eigenvalue weighted by atomic mass is 10.2. The third-order valence-corrected chi connectivity index (χ3v) is 2.68. The van der Waals surface area contributed by atoms with Gasteiger partial charge in [0.1, 0.15) is 12.2 Å². The first-order valence-corrected chi connectivity index (χ1v) is 5.80. The number of aromatic nitrogens is 2. The van der Waals surface area contributed by atoms with E-state index in [1.807, 2.05) is 0 Å². The highest BCUT2D eigenvalue weighted by Crippen LogP contribution is 2.10. The van der Waals surface area contributed by atoms with Crippen LogP contribution in [0.3, 0.4) is 0 Å². The molecular weight excluding hydrogens is 238 g/mol. The van der Waals surface area contributed by atoms with Crippen LogP contribution in [0.4, 0.5) is 0 Å². The van der Waals surface area contributed by atoms with Crippen molar-refractivity contribution in [1.29, 1.82) is 0 Å². The first kappa shape index (κ1) is 12.6. The minimum atomic E-state index is -0.996. The summed E-state index contributed by atoms with van der Waals surface area (Å²) >= 11 is 0. The Kier molecular flexibility index (Phi) is 3.93. The molecule has 1 aromatic rings. The Bertz CT molecular complexity index is 437. The van der Waals surface area contributed by atoms with Gasteiger partial charge < -0.3 is 15.2 Å². The van der Waals surface area contributed by atoms with Crippen LogP contribution in [-0.4, -0.2) is 46.0 Å². The molecule has 1 aliphatic heterocycles. The van der Waals surface area contributed by atoms with Crippen molar-refractivity contribution < 1.29 is 19.4 Å². The number of aliphatic carboxylic acids is 1. The molecule has 0 bridgehead atoms. The Hall–Kier alpha value is -1.89. The van der Waals surface area contributed by atoms with Crippen molar-refractivity contribution in [3.8, 4) is 0 Å². The van der Waals surface area contributed by atoms with Crippen LogP contribution in [0.1, 0.15) is 23.3 Å². The smallest absolute Gasteiger partial charge is 0.325 e. The Morgan fingerprint density at radius 1 is 1.61 bits per heavy atom. The van der Waals surface area contributed by atoms with E-state index >= 15 is 0 Å². The molecule has 1 amide bonds. The molecule has 2 N–H and O–H groups in total. The summed E-state index contributed by atoms with van der Waals surface area (Å²) in [7, 11) is 0. The number of nitrogens with one attached hydrogen (secondary N) is 1. The van der Waals surface area contributed by atoms with Gasteiger partial charge >= 0.3 is 5.97 Å². The second kappa shape index (κ2) is 5.63. The third kappa shape index (κ3) is 3.30. The zero-order chi connectivity index (χ0) is 13.0. The first-order valence-electron chi connectivity index (χ1n) is 5.80. The zero-order valence-electron chi connectivity index (χ0n) is 9.83. The second-order valence-corrected chi connectivity index (χ2v) is 4.14. The number of carboxylic acid groups (broad SMARTS) is 1. The lowest BCUT2D eigenvalue weighted by Gasteiger charge is -2.09. The highest BCUT2D eigenvalue weighted by molar-refractivity contribution is 5.92. The molecule has 1 aromatic heterocycles. The van der Waals surface area contributed by atoms with Gasteiger partial charge in [-0.1, -0.05) is 0 Å². The van der Waals surface area contributed by atoms with Crippen LogP contribution in [0.25, 0.3) is 0 Å². The van der Waals surface area contributed by atoms with Gasteiger partial charge in [0.25, 0.3) is 5.91 Å². The van der Waals surface area contributed by atoms with Gasteiger partial charge in [-0.3, -0.25) is 14.3 Å². The molecule has 7 heteroatoms. The summed E-state index contributed by atoms with van der Waals surface area (Å²) in [6, 6.07) is 1.49. The van der Waals surface area contributed by atoms with Gasteiger partial charge in [-0.2, -0.15) is 5.10 Å². The summed E-state index contributed by atoms with van der Waals surface area (Å²) in [6.45, 7) is 0.956. The molecule has 1 aliphatic rings. The number of nitrogens with zero attached hydrogens (tertiary/aromatic N) is 2. The normalized spacial score (nSPS) is 18.8. The monoisotopic (exact) mass is 253 g/mol. The predicted octanol–water partition coefficient (Wildman–Crippen LogP) is -0.124. The Balaban J connectivity index is 1.84. The van der Waals surface area contributed by atoms with E-state index in [4.69, 9.17) is 9.84 Å². The molecule has 2 rings (SSSR count). The number of carbonyl (C=O) groups excluding carboxylic acids is 1. The molecule has 18 heavy (non-hydrogen) atoms. The summed E-state index contributed by atoms with van der Waals surface area (Å²) in [4.78, 5) is 22.2. The number of carboxylic acids is 1. The number of rotatable bonds is 5. The molecule has 1 unspecified atom stereocenters. The van der Waals surface area contributed by atoms with Crippen molar-refractivity contribution in [2.75, 3.05) is 13.2 Å². The Morgan fingerprint density at radius 2 is 2.44 bits per heavy atom. The van der Waals surface area contributed by atoms with Crippen molar-refractivity contribution in [3.05, 3.63) is 18.0 Å². The van der Waals surface area contributed by atoms with Gasteiger partial charge in [-0.15, -0.1) is 0 Å². The maximum atomic E-state index is 11.7. The average Bonchev–Trinajstić information content (AvgIpc) is 2.95. The third-order valence-electron chi connectivity index (χ3n) is 2.68. The van der Waals surface area contributed by atoms with E-state index in [9.17, 15) is 9.59 Å². The molecule has 0 aromatic carbocycles. The minimum Gasteiger partial charge on any atom is -0.480 e. The van der Waals surface area contributed by atoms with Gasteiger partial charge in [0.2, 0.25) is 0 Å².